The van der Waals surface area contributed by atoms with Gasteiger partial charge in [-0.15, -0.1) is 0 Å². The van der Waals surface area contributed by atoms with Gasteiger partial charge in [-0.05, 0) is 87.5 Å². The van der Waals surface area contributed by atoms with Crippen LogP contribution in [0.25, 0.3) is 0 Å². The highest BCUT2D eigenvalue weighted by Gasteiger charge is 2.39. The summed E-state index contributed by atoms with van der Waals surface area (Å²) in [7, 11) is 0. The number of benzene rings is 1. The molecule has 1 fully saturated rings. The number of carbonyl (C=O) groups excluding carboxylic acids is 10. The number of likely N-dealkylation sites (tertiary alicyclic amines) is 1. The summed E-state index contributed by atoms with van der Waals surface area (Å²) in [6, 6.07) is -4.06. The number of aliphatic imine (C=N–C) groups is 2. The third kappa shape index (κ3) is 27.8. The highest BCUT2D eigenvalue weighted by atomic mass is 16.4. The van der Waals surface area contributed by atoms with Crippen LogP contribution in [0.3, 0.4) is 0 Å². The second-order valence-electron chi connectivity index (χ2n) is 23.6. The Kier molecular flexibility index (Phi) is 33.9. The lowest BCUT2D eigenvalue weighted by molar-refractivity contribution is -0.144. The molecule has 31 nitrogen and oxygen atoms in total. The van der Waals surface area contributed by atoms with Crippen LogP contribution in [0.4, 0.5) is 0 Å². The quantitative estimate of drug-likeness (QED) is 0.0182. The van der Waals surface area contributed by atoms with Crippen molar-refractivity contribution < 1.29 is 67.7 Å². The number of hydrogen-bond donors (Lipinski definition) is 16. The van der Waals surface area contributed by atoms with Gasteiger partial charge in [-0.25, -0.2) is 4.79 Å². The molecule has 1 aliphatic rings. The number of amides is 10. The number of nitrogens with zero attached hydrogens (tertiary/aromatic N) is 3. The number of rotatable bonds is 40. The molecule has 0 radical (unpaired) electrons. The second kappa shape index (κ2) is 39.4. The maximum Gasteiger partial charge on any atom is 0.326 e. The standard InChI is InChI=1S/C59H99N17O14/c1-10-33(7)46(75-51(83)39(21-16-24-66-59(63)64)70-48(80)35(9)68-53(85)43-22-17-25-76(43)56(88)37(60)29-45(78)79)54(86)71-40(26-31(3)4)49(81)67-30-44(77)69-38(20-15-23-65-58(61)62)50(82)74-47(34(8)11-2)55(87)72-41(28-36-18-13-12-14-19-36)52(84)73-42(57(89)90)27-32(5)6/h12-14,18-19,31-35,37-43,46-47H,10-11,15-17,20-30,60H2,1-9H3,(H,67,81)(H,68,85)(H,69,77)(H,70,80)(H,71,86)(H,72,87)(H,73,84)(H,74,82)(H,75,83)(H,78,79)(H,89,90)(H4,61,62,65)(H4,63,64,66)/t33-,34-,35-,37-,38-,39-,40-,41-,42-,43-,46-,47-/m0/s1. The summed E-state index contributed by atoms with van der Waals surface area (Å²) in [5.74, 6) is -12.3. The molecule has 1 heterocycles. The van der Waals surface area contributed by atoms with E-state index in [4.69, 9.17) is 33.8 Å². The lowest BCUT2D eigenvalue weighted by Crippen LogP contribution is -2.60. The van der Waals surface area contributed by atoms with Gasteiger partial charge in [-0.3, -0.25) is 62.7 Å². The Morgan fingerprint density at radius 3 is 1.52 bits per heavy atom. The number of carboxylic acids is 2. The third-order valence-electron chi connectivity index (χ3n) is 15.1. The van der Waals surface area contributed by atoms with Gasteiger partial charge in [0.05, 0.1) is 19.0 Å². The Morgan fingerprint density at radius 2 is 1.04 bits per heavy atom. The van der Waals surface area contributed by atoms with E-state index in [1.807, 2.05) is 0 Å². The van der Waals surface area contributed by atoms with Gasteiger partial charge in [0.1, 0.15) is 54.4 Å². The fourth-order valence-corrected chi connectivity index (χ4v) is 9.71. The van der Waals surface area contributed by atoms with E-state index in [0.717, 1.165) is 0 Å². The molecule has 0 spiro atoms. The van der Waals surface area contributed by atoms with Gasteiger partial charge >= 0.3 is 11.9 Å². The SMILES string of the molecule is CC[C@H](C)[C@H](NC(=O)[C@H](CCCN=C(N)N)NC(=O)[C@H](C)NC(=O)[C@@H]1CCCN1C(=O)[C@@H](N)CC(=O)O)C(=O)N[C@@H](CC(C)C)C(=O)NCC(=O)N[C@@H](CCCN=C(N)N)C(=O)N[C@H](C(=O)N[C@@H](Cc1ccccc1)C(=O)N[C@@H](CC(C)C)C(=O)O)[C@@H](C)CC. The van der Waals surface area contributed by atoms with Crippen molar-refractivity contribution >= 4 is 82.9 Å². The van der Waals surface area contributed by atoms with Crippen molar-refractivity contribution in [1.29, 1.82) is 0 Å². The molecule has 90 heavy (non-hydrogen) atoms. The zero-order valence-electron chi connectivity index (χ0n) is 53.3. The molecule has 1 aromatic carbocycles. The summed E-state index contributed by atoms with van der Waals surface area (Å²) in [6.07, 6.45) is 1.01. The minimum Gasteiger partial charge on any atom is -0.481 e. The maximum absolute atomic E-state index is 14.3. The van der Waals surface area contributed by atoms with Crippen LogP contribution in [0.1, 0.15) is 139 Å². The molecule has 1 aromatic rings. The van der Waals surface area contributed by atoms with E-state index >= 15 is 0 Å². The van der Waals surface area contributed by atoms with Gasteiger partial charge in [-0.1, -0.05) is 98.6 Å². The molecule has 1 aliphatic heterocycles. The van der Waals surface area contributed by atoms with Crippen LogP contribution >= 0.6 is 0 Å². The lowest BCUT2D eigenvalue weighted by atomic mass is 9.96. The number of carbonyl (C=O) groups is 12. The predicted octanol–water partition coefficient (Wildman–Crippen LogP) is -2.59. The molecular formula is C59H99N17O14. The first-order valence-electron chi connectivity index (χ1n) is 30.6. The molecular weight excluding hydrogens is 1170 g/mol. The number of nitrogens with one attached hydrogen (secondary N) is 9. The van der Waals surface area contributed by atoms with Crippen molar-refractivity contribution in [2.24, 2.45) is 62.3 Å². The third-order valence-corrected chi connectivity index (χ3v) is 15.1. The van der Waals surface area contributed by atoms with Crippen molar-refractivity contribution in [1.82, 2.24) is 52.8 Å². The van der Waals surface area contributed by atoms with E-state index in [1.54, 1.807) is 85.7 Å². The van der Waals surface area contributed by atoms with Crippen LogP contribution in [0.2, 0.25) is 0 Å². The summed E-state index contributed by atoms with van der Waals surface area (Å²) >= 11 is 0. The zero-order chi connectivity index (χ0) is 67.9. The predicted molar refractivity (Wildman–Crippen MR) is 335 cm³/mol. The van der Waals surface area contributed by atoms with Crippen molar-refractivity contribution in [3.8, 4) is 0 Å². The largest absolute Gasteiger partial charge is 0.481 e. The first-order valence-corrected chi connectivity index (χ1v) is 30.6. The summed E-state index contributed by atoms with van der Waals surface area (Å²) < 4.78 is 0. The maximum atomic E-state index is 14.3. The van der Waals surface area contributed by atoms with Crippen molar-refractivity contribution in [3.63, 3.8) is 0 Å². The van der Waals surface area contributed by atoms with Gasteiger partial charge in [0.2, 0.25) is 59.1 Å². The fourth-order valence-electron chi connectivity index (χ4n) is 9.71. The normalized spacial score (nSPS) is 16.5. The van der Waals surface area contributed by atoms with Crippen LogP contribution in [-0.4, -0.2) is 185 Å². The van der Waals surface area contributed by atoms with E-state index in [9.17, 15) is 62.6 Å². The number of guanidine groups is 2. The molecule has 2 rings (SSSR count). The number of hydrogen-bond acceptors (Lipinski definition) is 15. The Hall–Kier alpha value is -8.64. The van der Waals surface area contributed by atoms with Crippen molar-refractivity contribution in [3.05, 3.63) is 35.9 Å². The van der Waals surface area contributed by atoms with Gasteiger partial charge in [-0.2, -0.15) is 0 Å². The van der Waals surface area contributed by atoms with Crippen LogP contribution in [0.15, 0.2) is 40.3 Å². The Balaban J connectivity index is 2.36. The topological polar surface area (TPSA) is 512 Å². The summed E-state index contributed by atoms with van der Waals surface area (Å²) in [5, 5.41) is 42.8. The molecule has 0 aromatic heterocycles. The highest BCUT2D eigenvalue weighted by Crippen LogP contribution is 2.20. The van der Waals surface area contributed by atoms with Gasteiger partial charge in [0, 0.05) is 26.1 Å². The summed E-state index contributed by atoms with van der Waals surface area (Å²) in [6.45, 7) is 15.0. The lowest BCUT2D eigenvalue weighted by Gasteiger charge is -2.29. The monoisotopic (exact) mass is 1270 g/mol. The molecule has 21 N–H and O–H groups in total. The van der Waals surface area contributed by atoms with Gasteiger partial charge in [0.15, 0.2) is 11.9 Å². The van der Waals surface area contributed by atoms with E-state index in [0.29, 0.717) is 24.8 Å². The Labute approximate surface area is 525 Å². The number of carboxylic acid groups (broad SMARTS) is 2. The number of aliphatic carboxylic acids is 2. The molecule has 0 unspecified atom stereocenters. The zero-order valence-corrected chi connectivity index (χ0v) is 53.3. The molecule has 1 saturated heterocycles. The first kappa shape index (κ1) is 77.5. The highest BCUT2D eigenvalue weighted by molar-refractivity contribution is 5.99. The molecule has 504 valence electrons. The van der Waals surface area contributed by atoms with E-state index < -0.39 is 156 Å². The average Bonchev–Trinajstić information content (AvgIpc) is 2.04. The van der Waals surface area contributed by atoms with Gasteiger partial charge < -0.3 is 91.6 Å². The molecule has 0 aliphatic carbocycles. The van der Waals surface area contributed by atoms with E-state index in [1.165, 1.54) is 11.8 Å². The number of nitrogens with two attached hydrogens (primary N) is 5. The molecule has 0 saturated carbocycles. The second-order valence-corrected chi connectivity index (χ2v) is 23.6. The minimum atomic E-state index is -1.40. The average molecular weight is 1270 g/mol. The van der Waals surface area contributed by atoms with Gasteiger partial charge in [0.25, 0.3) is 0 Å². The molecule has 31 heteroatoms. The molecule has 12 atom stereocenters. The molecule has 10 amide bonds. The van der Waals surface area contributed by atoms with Crippen LogP contribution in [0.5, 0.6) is 0 Å². The first-order chi connectivity index (χ1) is 42.3. The fraction of sp³-hybridized carbons (Fsp3) is 0.661. The van der Waals surface area contributed by atoms with Crippen molar-refractivity contribution in [2.75, 3.05) is 26.2 Å². The molecule has 0 bridgehead atoms. The van der Waals surface area contributed by atoms with E-state index in [-0.39, 0.29) is 94.8 Å². The summed E-state index contributed by atoms with van der Waals surface area (Å²) in [5.41, 5.74) is 28.5. The van der Waals surface area contributed by atoms with Crippen LogP contribution < -0.4 is 76.5 Å². The van der Waals surface area contributed by atoms with Crippen LogP contribution in [-0.2, 0) is 64.0 Å². The van der Waals surface area contributed by atoms with Crippen molar-refractivity contribution in [2.45, 2.75) is 200 Å². The minimum absolute atomic E-state index is 0.0260. The van der Waals surface area contributed by atoms with Crippen LogP contribution in [0, 0.1) is 23.7 Å². The Bertz CT molecular complexity index is 2650. The van der Waals surface area contributed by atoms with E-state index in [2.05, 4.69) is 57.8 Å². The Morgan fingerprint density at radius 1 is 0.578 bits per heavy atom. The smallest absolute Gasteiger partial charge is 0.326 e. The summed E-state index contributed by atoms with van der Waals surface area (Å²) in [4.78, 5) is 171.